The van der Waals surface area contributed by atoms with E-state index in [1.54, 1.807) is 18.2 Å². The van der Waals surface area contributed by atoms with E-state index in [1.165, 1.54) is 31.4 Å². The van der Waals surface area contributed by atoms with Crippen LogP contribution in [-0.4, -0.2) is 38.7 Å². The van der Waals surface area contributed by atoms with Gasteiger partial charge in [0.15, 0.2) is 15.0 Å². The molecule has 3 aromatic rings. The average molecular weight is 405 g/mol. The lowest BCUT2D eigenvalue weighted by Crippen LogP contribution is -2.34. The van der Waals surface area contributed by atoms with Crippen molar-refractivity contribution in [3.05, 3.63) is 48.0 Å². The van der Waals surface area contributed by atoms with Gasteiger partial charge in [-0.1, -0.05) is 11.3 Å². The van der Waals surface area contributed by atoms with Crippen molar-refractivity contribution in [1.29, 1.82) is 0 Å². The number of carbonyl (C=O) groups is 2. The minimum absolute atomic E-state index is 0.171. The summed E-state index contributed by atoms with van der Waals surface area (Å²) >= 11 is 1.11. The van der Waals surface area contributed by atoms with Crippen LogP contribution in [0.3, 0.4) is 0 Å². The maximum atomic E-state index is 12.1. The molecule has 0 radical (unpaired) electrons. The monoisotopic (exact) mass is 405 g/mol. The van der Waals surface area contributed by atoms with Crippen LogP contribution in [0.4, 0.5) is 9.93 Å². The van der Waals surface area contributed by atoms with Gasteiger partial charge in [-0.3, -0.25) is 15.4 Å². The standard InChI is InChI=1S/C17H15N3O5S2/c1-25-11-5-3-10(4-6-11)15(21)19-16(22)20-17-18-13-8-7-12(27(2,23)24)9-14(13)26-17/h3-9H,1-2H3,(H2,18,19,20,21,22). The van der Waals surface area contributed by atoms with Gasteiger partial charge in [-0.2, -0.15) is 0 Å². The number of anilines is 1. The normalized spacial score (nSPS) is 11.2. The van der Waals surface area contributed by atoms with Gasteiger partial charge in [0.25, 0.3) is 5.91 Å². The summed E-state index contributed by atoms with van der Waals surface area (Å²) in [5.41, 5.74) is 0.845. The van der Waals surface area contributed by atoms with Crippen molar-refractivity contribution in [3.8, 4) is 5.75 Å². The lowest BCUT2D eigenvalue weighted by molar-refractivity contribution is 0.0967. The van der Waals surface area contributed by atoms with Crippen LogP contribution < -0.4 is 15.4 Å². The van der Waals surface area contributed by atoms with E-state index in [1.807, 2.05) is 0 Å². The number of amides is 3. The van der Waals surface area contributed by atoms with Gasteiger partial charge in [0.1, 0.15) is 5.75 Å². The molecule has 3 amide bonds. The number of nitrogens with zero attached hydrogens (tertiary/aromatic N) is 1. The highest BCUT2D eigenvalue weighted by Crippen LogP contribution is 2.28. The molecular weight excluding hydrogens is 390 g/mol. The maximum absolute atomic E-state index is 12.1. The first kappa shape index (κ1) is 18.8. The number of benzene rings is 2. The molecule has 2 aromatic carbocycles. The molecule has 0 saturated heterocycles. The molecule has 0 atom stereocenters. The smallest absolute Gasteiger partial charge is 0.327 e. The first-order valence-electron chi connectivity index (χ1n) is 7.63. The summed E-state index contributed by atoms with van der Waals surface area (Å²) in [5.74, 6) is 0.0227. The molecule has 0 bridgehead atoms. The van der Waals surface area contributed by atoms with Gasteiger partial charge >= 0.3 is 6.03 Å². The Hall–Kier alpha value is -2.98. The fourth-order valence-corrected chi connectivity index (χ4v) is 3.86. The minimum atomic E-state index is -3.33. The van der Waals surface area contributed by atoms with E-state index >= 15 is 0 Å². The van der Waals surface area contributed by atoms with Crippen molar-refractivity contribution in [2.75, 3.05) is 18.7 Å². The maximum Gasteiger partial charge on any atom is 0.327 e. The Kier molecular flexibility index (Phi) is 5.10. The Morgan fingerprint density at radius 1 is 1.11 bits per heavy atom. The number of rotatable bonds is 4. The number of carbonyl (C=O) groups excluding carboxylic acids is 2. The molecule has 0 unspecified atom stereocenters. The van der Waals surface area contributed by atoms with Crippen LogP contribution in [-0.2, 0) is 9.84 Å². The van der Waals surface area contributed by atoms with E-state index < -0.39 is 21.8 Å². The summed E-state index contributed by atoms with van der Waals surface area (Å²) in [7, 11) is -1.82. The Morgan fingerprint density at radius 3 is 2.44 bits per heavy atom. The zero-order valence-electron chi connectivity index (χ0n) is 14.3. The van der Waals surface area contributed by atoms with Crippen LogP contribution in [0.5, 0.6) is 5.75 Å². The molecule has 2 N–H and O–H groups in total. The highest BCUT2D eigenvalue weighted by Gasteiger charge is 2.14. The number of ether oxygens (including phenoxy) is 1. The summed E-state index contributed by atoms with van der Waals surface area (Å²) in [4.78, 5) is 28.5. The number of sulfone groups is 1. The summed E-state index contributed by atoms with van der Waals surface area (Å²) in [6.45, 7) is 0. The lowest BCUT2D eigenvalue weighted by Gasteiger charge is -2.05. The molecule has 0 saturated carbocycles. The molecule has 0 fully saturated rings. The van der Waals surface area contributed by atoms with Crippen molar-refractivity contribution >= 4 is 48.5 Å². The average Bonchev–Trinajstić information content (AvgIpc) is 3.02. The zero-order valence-corrected chi connectivity index (χ0v) is 16.0. The Balaban J connectivity index is 1.70. The lowest BCUT2D eigenvalue weighted by atomic mass is 10.2. The van der Waals surface area contributed by atoms with Gasteiger partial charge in [0, 0.05) is 11.8 Å². The number of aromatic nitrogens is 1. The molecule has 0 spiro atoms. The van der Waals surface area contributed by atoms with E-state index in [0.717, 1.165) is 17.6 Å². The second kappa shape index (κ2) is 7.33. The Bertz CT molecular complexity index is 1120. The SMILES string of the molecule is COc1ccc(C(=O)NC(=O)Nc2nc3ccc(S(C)(=O)=O)cc3s2)cc1. The fourth-order valence-electron chi connectivity index (χ4n) is 2.24. The van der Waals surface area contributed by atoms with Crippen molar-refractivity contribution in [3.63, 3.8) is 0 Å². The van der Waals surface area contributed by atoms with Gasteiger partial charge in [-0.05, 0) is 42.5 Å². The van der Waals surface area contributed by atoms with Crippen LogP contribution >= 0.6 is 11.3 Å². The van der Waals surface area contributed by atoms with E-state index in [9.17, 15) is 18.0 Å². The second-order valence-corrected chi connectivity index (χ2v) is 8.60. The molecular formula is C17H15N3O5S2. The number of nitrogens with one attached hydrogen (secondary N) is 2. The minimum Gasteiger partial charge on any atom is -0.497 e. The number of methoxy groups -OCH3 is 1. The first-order valence-corrected chi connectivity index (χ1v) is 10.3. The van der Waals surface area contributed by atoms with Gasteiger partial charge in [-0.15, -0.1) is 0 Å². The molecule has 0 aliphatic rings. The molecule has 1 heterocycles. The third-order valence-corrected chi connectivity index (χ3v) is 5.63. The number of hydrogen-bond donors (Lipinski definition) is 2. The van der Waals surface area contributed by atoms with E-state index in [-0.39, 0.29) is 10.0 Å². The Morgan fingerprint density at radius 2 is 1.81 bits per heavy atom. The highest BCUT2D eigenvalue weighted by molar-refractivity contribution is 7.90. The van der Waals surface area contributed by atoms with Crippen molar-refractivity contribution in [2.45, 2.75) is 4.90 Å². The third-order valence-electron chi connectivity index (χ3n) is 3.59. The van der Waals surface area contributed by atoms with Crippen molar-refractivity contribution in [2.24, 2.45) is 0 Å². The predicted octanol–water partition coefficient (Wildman–Crippen LogP) is 2.67. The van der Waals surface area contributed by atoms with Crippen LogP contribution in [0.25, 0.3) is 10.2 Å². The fraction of sp³-hybridized carbons (Fsp3) is 0.118. The van der Waals surface area contributed by atoms with E-state index in [2.05, 4.69) is 15.6 Å². The van der Waals surface area contributed by atoms with Gasteiger partial charge < -0.3 is 4.74 Å². The van der Waals surface area contributed by atoms with Crippen LogP contribution in [0, 0.1) is 0 Å². The van der Waals surface area contributed by atoms with Crippen molar-refractivity contribution in [1.82, 2.24) is 10.3 Å². The van der Waals surface area contributed by atoms with Gasteiger partial charge in [0.2, 0.25) is 0 Å². The summed E-state index contributed by atoms with van der Waals surface area (Å²) < 4.78 is 28.9. The molecule has 0 aliphatic carbocycles. The van der Waals surface area contributed by atoms with E-state index in [0.29, 0.717) is 21.5 Å². The summed E-state index contributed by atoms with van der Waals surface area (Å²) in [6, 6.07) is 10.1. The van der Waals surface area contributed by atoms with E-state index in [4.69, 9.17) is 4.74 Å². The molecule has 27 heavy (non-hydrogen) atoms. The summed E-state index contributed by atoms with van der Waals surface area (Å²) in [6.07, 6.45) is 1.12. The molecule has 140 valence electrons. The number of hydrogen-bond acceptors (Lipinski definition) is 7. The topological polar surface area (TPSA) is 114 Å². The van der Waals surface area contributed by atoms with Gasteiger partial charge in [0.05, 0.1) is 22.2 Å². The van der Waals surface area contributed by atoms with Crippen LogP contribution in [0.1, 0.15) is 10.4 Å². The number of fused-ring (bicyclic) bond motifs is 1. The number of imide groups is 1. The first-order chi connectivity index (χ1) is 12.8. The highest BCUT2D eigenvalue weighted by atomic mass is 32.2. The third kappa shape index (κ3) is 4.41. The molecule has 3 rings (SSSR count). The van der Waals surface area contributed by atoms with Crippen molar-refractivity contribution < 1.29 is 22.7 Å². The quantitative estimate of drug-likeness (QED) is 0.690. The molecule has 8 nitrogen and oxygen atoms in total. The molecule has 10 heteroatoms. The number of thiazole rings is 1. The molecule has 0 aliphatic heterocycles. The zero-order chi connectivity index (χ0) is 19.6. The second-order valence-electron chi connectivity index (χ2n) is 5.56. The van der Waals surface area contributed by atoms with Crippen LogP contribution in [0.2, 0.25) is 0 Å². The molecule has 1 aromatic heterocycles. The Labute approximate surface area is 159 Å². The summed E-state index contributed by atoms with van der Waals surface area (Å²) in [5, 5.41) is 4.92. The number of urea groups is 1. The van der Waals surface area contributed by atoms with Gasteiger partial charge in [-0.25, -0.2) is 18.2 Å². The predicted molar refractivity (Wildman–Crippen MR) is 102 cm³/mol. The largest absolute Gasteiger partial charge is 0.497 e. The van der Waals surface area contributed by atoms with Crippen LogP contribution in [0.15, 0.2) is 47.4 Å².